The van der Waals surface area contributed by atoms with Gasteiger partial charge in [-0.1, -0.05) is 78.4 Å². The second-order valence-corrected chi connectivity index (χ2v) is 8.79. The van der Waals surface area contributed by atoms with Gasteiger partial charge >= 0.3 is 7.82 Å². The van der Waals surface area contributed by atoms with Gasteiger partial charge in [0.05, 0.1) is 0 Å². The summed E-state index contributed by atoms with van der Waals surface area (Å²) in [7, 11) is -4.55. The average molecular weight is 399 g/mol. The van der Waals surface area contributed by atoms with Gasteiger partial charge < -0.3 is 4.52 Å². The molecule has 0 fully saturated rings. The van der Waals surface area contributed by atoms with Crippen LogP contribution in [0.5, 0.6) is 5.75 Å². The van der Waals surface area contributed by atoms with Crippen molar-refractivity contribution in [3.63, 3.8) is 0 Å². The predicted molar refractivity (Wildman–Crippen MR) is 113 cm³/mol. The molecule has 1 rings (SSSR count). The first kappa shape index (κ1) is 24.2. The van der Waals surface area contributed by atoms with Gasteiger partial charge in [0.2, 0.25) is 0 Å². The summed E-state index contributed by atoms with van der Waals surface area (Å²) in [6.45, 7) is 8.93. The molecule has 0 bridgehead atoms. The Morgan fingerprint density at radius 3 is 1.89 bits per heavy atom. The van der Waals surface area contributed by atoms with E-state index in [-0.39, 0.29) is 0 Å². The standard InChI is InChI=1S/C22H39O4P/c1-5-18(6-2)12-9-14-20-15-11-17-22(26-27(23,24)25)21(20)16-10-13-19(7-3)8-4/h11,15,17-19H,5-10,12-14,16H2,1-4H3,(H2,23,24,25). The van der Waals surface area contributed by atoms with Gasteiger partial charge in [0.25, 0.3) is 0 Å². The molecular formula is C22H39O4P. The minimum Gasteiger partial charge on any atom is -0.404 e. The molecule has 0 aromatic heterocycles. The van der Waals surface area contributed by atoms with Crippen LogP contribution >= 0.6 is 7.82 Å². The lowest BCUT2D eigenvalue weighted by molar-refractivity contribution is 0.282. The Balaban J connectivity index is 2.89. The van der Waals surface area contributed by atoms with E-state index in [1.54, 1.807) is 6.07 Å². The molecule has 0 atom stereocenters. The van der Waals surface area contributed by atoms with E-state index in [1.807, 2.05) is 6.07 Å². The summed E-state index contributed by atoms with van der Waals surface area (Å²) in [6, 6.07) is 5.63. The minimum atomic E-state index is -4.55. The van der Waals surface area contributed by atoms with Crippen LogP contribution in [0, 0.1) is 11.8 Å². The Kier molecular flexibility index (Phi) is 11.3. The average Bonchev–Trinajstić information content (AvgIpc) is 2.62. The Bertz CT molecular complexity index is 574. The maximum absolute atomic E-state index is 11.4. The number of phosphoric acid groups is 1. The minimum absolute atomic E-state index is 0.355. The molecular weight excluding hydrogens is 359 g/mol. The third-order valence-corrected chi connectivity index (χ3v) is 6.29. The van der Waals surface area contributed by atoms with Crippen molar-refractivity contribution in [3.8, 4) is 5.75 Å². The molecule has 0 heterocycles. The van der Waals surface area contributed by atoms with Crippen molar-refractivity contribution >= 4 is 7.82 Å². The fourth-order valence-electron chi connectivity index (χ4n) is 3.89. The Hall–Kier alpha value is -0.830. The molecule has 0 unspecified atom stereocenters. The quantitative estimate of drug-likeness (QED) is 0.343. The zero-order chi connectivity index (χ0) is 20.3. The summed E-state index contributed by atoms with van der Waals surface area (Å²) in [5.41, 5.74) is 2.16. The normalized spacial score (nSPS) is 12.1. The summed E-state index contributed by atoms with van der Waals surface area (Å²) in [6.07, 6.45) is 11.0. The van der Waals surface area contributed by atoms with Gasteiger partial charge in [-0.3, -0.25) is 9.79 Å². The van der Waals surface area contributed by atoms with E-state index in [9.17, 15) is 14.4 Å². The van der Waals surface area contributed by atoms with E-state index in [0.717, 1.165) is 49.5 Å². The molecule has 1 aromatic rings. The summed E-state index contributed by atoms with van der Waals surface area (Å²) < 4.78 is 16.4. The lowest BCUT2D eigenvalue weighted by atomic mass is 9.91. The van der Waals surface area contributed by atoms with E-state index in [0.29, 0.717) is 5.75 Å². The van der Waals surface area contributed by atoms with Crippen LogP contribution in [0.3, 0.4) is 0 Å². The highest BCUT2D eigenvalue weighted by Crippen LogP contribution is 2.40. The number of benzene rings is 1. The Labute approximate surface area is 166 Å². The van der Waals surface area contributed by atoms with Crippen LogP contribution in [-0.2, 0) is 17.4 Å². The molecule has 0 radical (unpaired) electrons. The smallest absolute Gasteiger partial charge is 0.404 e. The SMILES string of the molecule is CCC(CC)CCCc1cccc(OP(=O)(O)O)c1CCCC(CC)CC. The molecule has 0 saturated heterocycles. The van der Waals surface area contributed by atoms with Crippen LogP contribution in [0.25, 0.3) is 0 Å². The molecule has 0 amide bonds. The second kappa shape index (κ2) is 12.6. The van der Waals surface area contributed by atoms with Gasteiger partial charge in [0.15, 0.2) is 0 Å². The van der Waals surface area contributed by atoms with Crippen molar-refractivity contribution in [1.29, 1.82) is 0 Å². The Morgan fingerprint density at radius 2 is 1.41 bits per heavy atom. The molecule has 0 spiro atoms. The summed E-state index contributed by atoms with van der Waals surface area (Å²) in [5, 5.41) is 0. The zero-order valence-corrected chi connectivity index (χ0v) is 18.5. The first-order valence-electron chi connectivity index (χ1n) is 10.7. The lowest BCUT2D eigenvalue weighted by Crippen LogP contribution is -2.04. The molecule has 0 aliphatic rings. The third kappa shape index (κ3) is 9.27. The van der Waals surface area contributed by atoms with Gasteiger partial charge in [-0.15, -0.1) is 0 Å². The van der Waals surface area contributed by atoms with Gasteiger partial charge in [-0.05, 0) is 54.7 Å². The Morgan fingerprint density at radius 1 is 0.889 bits per heavy atom. The number of hydrogen-bond donors (Lipinski definition) is 2. The number of hydrogen-bond acceptors (Lipinski definition) is 2. The van der Waals surface area contributed by atoms with E-state index in [2.05, 4.69) is 33.8 Å². The van der Waals surface area contributed by atoms with Gasteiger partial charge in [0.1, 0.15) is 5.75 Å². The van der Waals surface area contributed by atoms with E-state index in [1.165, 1.54) is 37.7 Å². The van der Waals surface area contributed by atoms with Gasteiger partial charge in [0, 0.05) is 0 Å². The molecule has 2 N–H and O–H groups in total. The summed E-state index contributed by atoms with van der Waals surface area (Å²) in [5.74, 6) is 1.84. The molecule has 0 saturated carbocycles. The van der Waals surface area contributed by atoms with Crippen molar-refractivity contribution < 1.29 is 18.9 Å². The fraction of sp³-hybridized carbons (Fsp3) is 0.727. The molecule has 0 aliphatic heterocycles. The van der Waals surface area contributed by atoms with E-state index >= 15 is 0 Å². The monoisotopic (exact) mass is 398 g/mol. The van der Waals surface area contributed by atoms with Crippen molar-refractivity contribution in [2.45, 2.75) is 91.9 Å². The number of phosphoric ester groups is 1. The van der Waals surface area contributed by atoms with Crippen LogP contribution < -0.4 is 4.52 Å². The topological polar surface area (TPSA) is 66.8 Å². The number of rotatable bonds is 14. The molecule has 27 heavy (non-hydrogen) atoms. The van der Waals surface area contributed by atoms with Crippen LogP contribution in [0.15, 0.2) is 18.2 Å². The highest BCUT2D eigenvalue weighted by atomic mass is 31.2. The van der Waals surface area contributed by atoms with Crippen LogP contribution in [0.2, 0.25) is 0 Å². The van der Waals surface area contributed by atoms with E-state index in [4.69, 9.17) is 4.52 Å². The van der Waals surface area contributed by atoms with Gasteiger partial charge in [-0.2, -0.15) is 0 Å². The van der Waals surface area contributed by atoms with Gasteiger partial charge in [-0.25, -0.2) is 4.57 Å². The van der Waals surface area contributed by atoms with Crippen LogP contribution in [0.4, 0.5) is 0 Å². The molecule has 0 aliphatic carbocycles. The summed E-state index contributed by atoms with van der Waals surface area (Å²) >= 11 is 0. The molecule has 5 heteroatoms. The van der Waals surface area contributed by atoms with Crippen molar-refractivity contribution in [2.75, 3.05) is 0 Å². The van der Waals surface area contributed by atoms with Crippen molar-refractivity contribution in [3.05, 3.63) is 29.3 Å². The van der Waals surface area contributed by atoms with Crippen molar-refractivity contribution in [1.82, 2.24) is 0 Å². The van der Waals surface area contributed by atoms with Crippen molar-refractivity contribution in [2.24, 2.45) is 11.8 Å². The first-order valence-corrected chi connectivity index (χ1v) is 12.2. The maximum Gasteiger partial charge on any atom is 0.524 e. The van der Waals surface area contributed by atoms with Crippen LogP contribution in [-0.4, -0.2) is 9.79 Å². The summed E-state index contributed by atoms with van der Waals surface area (Å²) in [4.78, 5) is 18.6. The van der Waals surface area contributed by atoms with Crippen LogP contribution in [0.1, 0.15) is 90.2 Å². The second-order valence-electron chi connectivity index (χ2n) is 7.63. The highest BCUT2D eigenvalue weighted by molar-refractivity contribution is 7.46. The number of aryl methyl sites for hydroxylation is 1. The first-order chi connectivity index (χ1) is 12.8. The molecule has 156 valence electrons. The molecule has 1 aromatic carbocycles. The highest BCUT2D eigenvalue weighted by Gasteiger charge is 2.20. The molecule has 4 nitrogen and oxygen atoms in total. The lowest BCUT2D eigenvalue weighted by Gasteiger charge is -2.18. The maximum atomic E-state index is 11.4. The zero-order valence-electron chi connectivity index (χ0n) is 17.6. The largest absolute Gasteiger partial charge is 0.524 e. The predicted octanol–water partition coefficient (Wildman–Crippen LogP) is 6.68. The fourth-order valence-corrected chi connectivity index (χ4v) is 4.31. The third-order valence-electron chi connectivity index (χ3n) is 5.85. The van der Waals surface area contributed by atoms with E-state index < -0.39 is 7.82 Å².